The van der Waals surface area contributed by atoms with E-state index in [0.29, 0.717) is 26.0 Å². The zero-order valence-electron chi connectivity index (χ0n) is 10.8. The molecule has 0 saturated carbocycles. The van der Waals surface area contributed by atoms with Crippen LogP contribution < -0.4 is 4.74 Å². The van der Waals surface area contributed by atoms with E-state index < -0.39 is 12.0 Å². The summed E-state index contributed by atoms with van der Waals surface area (Å²) in [6, 6.07) is 6.91. The van der Waals surface area contributed by atoms with Crippen LogP contribution in [-0.2, 0) is 9.59 Å². The van der Waals surface area contributed by atoms with Crippen molar-refractivity contribution in [1.29, 1.82) is 0 Å². The van der Waals surface area contributed by atoms with Gasteiger partial charge in [0.25, 0.3) is 0 Å². The molecule has 1 aromatic rings. The fourth-order valence-corrected chi connectivity index (χ4v) is 2.24. The standard InChI is InChI=1S/C14H17NO4/c1-10-3-2-4-11(9-10)19-8-7-15-12(14(17)18)5-6-13(15)16/h2-4,9,12H,5-8H2,1H3,(H,17,18). The predicted molar refractivity (Wildman–Crippen MR) is 69.0 cm³/mol. The molecule has 5 nitrogen and oxygen atoms in total. The Balaban J connectivity index is 1.88. The van der Waals surface area contributed by atoms with E-state index in [1.54, 1.807) is 0 Å². The number of hydrogen-bond donors (Lipinski definition) is 1. The van der Waals surface area contributed by atoms with Crippen LogP contribution >= 0.6 is 0 Å². The zero-order chi connectivity index (χ0) is 13.8. The van der Waals surface area contributed by atoms with Gasteiger partial charge in [0.15, 0.2) is 0 Å². The average Bonchev–Trinajstić information content (AvgIpc) is 2.71. The molecule has 1 saturated heterocycles. The number of benzene rings is 1. The number of likely N-dealkylation sites (tertiary alicyclic amines) is 1. The molecule has 2 rings (SSSR count). The molecule has 1 aliphatic heterocycles. The Morgan fingerprint density at radius 3 is 3.00 bits per heavy atom. The maximum atomic E-state index is 11.6. The number of carboxylic acid groups (broad SMARTS) is 1. The Kier molecular flexibility index (Phi) is 4.04. The van der Waals surface area contributed by atoms with E-state index in [1.807, 2.05) is 31.2 Å². The lowest BCUT2D eigenvalue weighted by Gasteiger charge is -2.21. The third-order valence-electron chi connectivity index (χ3n) is 3.20. The number of amides is 1. The summed E-state index contributed by atoms with van der Waals surface area (Å²) in [6.45, 7) is 2.58. The summed E-state index contributed by atoms with van der Waals surface area (Å²) in [6.07, 6.45) is 0.694. The van der Waals surface area contributed by atoms with E-state index in [9.17, 15) is 9.59 Å². The van der Waals surface area contributed by atoms with E-state index in [4.69, 9.17) is 9.84 Å². The molecule has 1 fully saturated rings. The largest absolute Gasteiger partial charge is 0.492 e. The van der Waals surface area contributed by atoms with Crippen molar-refractivity contribution >= 4 is 11.9 Å². The van der Waals surface area contributed by atoms with Crippen molar-refractivity contribution in [1.82, 2.24) is 4.90 Å². The number of ether oxygens (including phenoxy) is 1. The van der Waals surface area contributed by atoms with Crippen LogP contribution in [0.2, 0.25) is 0 Å². The minimum absolute atomic E-state index is 0.111. The van der Waals surface area contributed by atoms with Crippen molar-refractivity contribution in [3.05, 3.63) is 29.8 Å². The zero-order valence-corrected chi connectivity index (χ0v) is 10.8. The molecule has 1 atom stereocenters. The third-order valence-corrected chi connectivity index (χ3v) is 3.20. The highest BCUT2D eigenvalue weighted by Crippen LogP contribution is 2.19. The number of rotatable bonds is 5. The minimum Gasteiger partial charge on any atom is -0.492 e. The van der Waals surface area contributed by atoms with Crippen molar-refractivity contribution in [2.24, 2.45) is 0 Å². The topological polar surface area (TPSA) is 66.8 Å². The van der Waals surface area contributed by atoms with Gasteiger partial charge in [0.05, 0.1) is 6.54 Å². The van der Waals surface area contributed by atoms with Gasteiger partial charge in [-0.15, -0.1) is 0 Å². The Bertz CT molecular complexity index is 486. The molecule has 0 bridgehead atoms. The smallest absolute Gasteiger partial charge is 0.326 e. The first-order valence-corrected chi connectivity index (χ1v) is 6.29. The summed E-state index contributed by atoms with van der Waals surface area (Å²) in [5, 5.41) is 9.02. The van der Waals surface area contributed by atoms with Gasteiger partial charge in [-0.25, -0.2) is 4.79 Å². The van der Waals surface area contributed by atoms with Crippen molar-refractivity contribution in [2.75, 3.05) is 13.2 Å². The summed E-state index contributed by atoms with van der Waals surface area (Å²) in [4.78, 5) is 24.0. The molecular formula is C14H17NO4. The molecule has 19 heavy (non-hydrogen) atoms. The minimum atomic E-state index is -0.943. The van der Waals surface area contributed by atoms with Crippen LogP contribution in [0.1, 0.15) is 18.4 Å². The molecule has 0 aromatic heterocycles. The van der Waals surface area contributed by atoms with Crippen LogP contribution in [0.4, 0.5) is 0 Å². The SMILES string of the molecule is Cc1cccc(OCCN2C(=O)CCC2C(=O)O)c1. The summed E-state index contributed by atoms with van der Waals surface area (Å²) in [7, 11) is 0. The highest BCUT2D eigenvalue weighted by atomic mass is 16.5. The van der Waals surface area contributed by atoms with Gasteiger partial charge in [-0.05, 0) is 31.0 Å². The van der Waals surface area contributed by atoms with Crippen molar-refractivity contribution in [3.63, 3.8) is 0 Å². The Hall–Kier alpha value is -2.04. The van der Waals surface area contributed by atoms with Crippen LogP contribution in [0.25, 0.3) is 0 Å². The lowest BCUT2D eigenvalue weighted by Crippen LogP contribution is -2.40. The molecule has 1 N–H and O–H groups in total. The van der Waals surface area contributed by atoms with Crippen LogP contribution in [-0.4, -0.2) is 41.1 Å². The van der Waals surface area contributed by atoms with Crippen molar-refractivity contribution in [3.8, 4) is 5.75 Å². The number of aryl methyl sites for hydroxylation is 1. The van der Waals surface area contributed by atoms with Gasteiger partial charge in [-0.1, -0.05) is 12.1 Å². The normalized spacial score (nSPS) is 18.7. The number of carboxylic acids is 1. The summed E-state index contributed by atoms with van der Waals surface area (Å²) < 4.78 is 5.54. The highest BCUT2D eigenvalue weighted by Gasteiger charge is 2.35. The fraction of sp³-hybridized carbons (Fsp3) is 0.429. The maximum Gasteiger partial charge on any atom is 0.326 e. The molecule has 1 aliphatic rings. The average molecular weight is 263 g/mol. The maximum absolute atomic E-state index is 11.6. The molecule has 1 heterocycles. The fourth-order valence-electron chi connectivity index (χ4n) is 2.24. The first-order valence-electron chi connectivity index (χ1n) is 6.29. The van der Waals surface area contributed by atoms with E-state index >= 15 is 0 Å². The second kappa shape index (κ2) is 5.73. The highest BCUT2D eigenvalue weighted by molar-refractivity contribution is 5.87. The second-order valence-corrected chi connectivity index (χ2v) is 4.64. The molecule has 0 aliphatic carbocycles. The van der Waals surface area contributed by atoms with E-state index in [1.165, 1.54) is 4.90 Å². The van der Waals surface area contributed by atoms with Gasteiger partial charge in [0.2, 0.25) is 5.91 Å². The van der Waals surface area contributed by atoms with E-state index in [0.717, 1.165) is 11.3 Å². The first kappa shape index (κ1) is 13.4. The predicted octanol–water partition coefficient (Wildman–Crippen LogP) is 1.45. The number of hydrogen-bond acceptors (Lipinski definition) is 3. The van der Waals surface area contributed by atoms with Gasteiger partial charge >= 0.3 is 5.97 Å². The number of aliphatic carboxylic acids is 1. The Morgan fingerprint density at radius 2 is 2.32 bits per heavy atom. The van der Waals surface area contributed by atoms with Crippen LogP contribution in [0.5, 0.6) is 5.75 Å². The molecule has 1 amide bonds. The van der Waals surface area contributed by atoms with Crippen LogP contribution in [0.15, 0.2) is 24.3 Å². The quantitative estimate of drug-likeness (QED) is 0.873. The van der Waals surface area contributed by atoms with E-state index in [-0.39, 0.29) is 5.91 Å². The van der Waals surface area contributed by atoms with Crippen LogP contribution in [0, 0.1) is 6.92 Å². The summed E-state index contributed by atoms with van der Waals surface area (Å²) in [5.74, 6) is -0.319. The monoisotopic (exact) mass is 263 g/mol. The molecule has 1 unspecified atom stereocenters. The number of carbonyl (C=O) groups excluding carboxylic acids is 1. The molecule has 102 valence electrons. The Morgan fingerprint density at radius 1 is 1.53 bits per heavy atom. The lowest BCUT2D eigenvalue weighted by molar-refractivity contribution is -0.146. The second-order valence-electron chi connectivity index (χ2n) is 4.64. The molecule has 5 heteroatoms. The lowest BCUT2D eigenvalue weighted by atomic mass is 10.2. The molecule has 0 spiro atoms. The molecular weight excluding hydrogens is 246 g/mol. The number of nitrogens with zero attached hydrogens (tertiary/aromatic N) is 1. The molecule has 0 radical (unpaired) electrons. The van der Waals surface area contributed by atoms with Crippen molar-refractivity contribution in [2.45, 2.75) is 25.8 Å². The van der Waals surface area contributed by atoms with Gasteiger partial charge in [-0.2, -0.15) is 0 Å². The number of carbonyl (C=O) groups is 2. The third kappa shape index (κ3) is 3.24. The molecule has 1 aromatic carbocycles. The summed E-state index contributed by atoms with van der Waals surface area (Å²) in [5.41, 5.74) is 1.10. The van der Waals surface area contributed by atoms with Crippen LogP contribution in [0.3, 0.4) is 0 Å². The Labute approximate surface area is 111 Å². The van der Waals surface area contributed by atoms with E-state index in [2.05, 4.69) is 0 Å². The summed E-state index contributed by atoms with van der Waals surface area (Å²) >= 11 is 0. The van der Waals surface area contributed by atoms with Gasteiger partial charge < -0.3 is 14.7 Å². The van der Waals surface area contributed by atoms with Crippen molar-refractivity contribution < 1.29 is 19.4 Å². The van der Waals surface area contributed by atoms with Gasteiger partial charge in [0, 0.05) is 6.42 Å². The first-order chi connectivity index (χ1) is 9.08. The van der Waals surface area contributed by atoms with Gasteiger partial charge in [-0.3, -0.25) is 4.79 Å². The van der Waals surface area contributed by atoms with Gasteiger partial charge in [0.1, 0.15) is 18.4 Å².